The standard InChI is InChI=1S/C10H20N2O2S/c1-14-8-6-9(12-7-8)10(13)11-4-3-5-15-2/h8-9,12H,3-7H2,1-2H3,(H,11,13). The van der Waals surface area contributed by atoms with E-state index in [-0.39, 0.29) is 18.1 Å². The van der Waals surface area contributed by atoms with Crippen molar-refractivity contribution < 1.29 is 9.53 Å². The van der Waals surface area contributed by atoms with Crippen molar-refractivity contribution in [2.75, 3.05) is 32.2 Å². The van der Waals surface area contributed by atoms with Gasteiger partial charge in [-0.2, -0.15) is 11.8 Å². The first kappa shape index (κ1) is 12.8. The number of rotatable bonds is 6. The van der Waals surface area contributed by atoms with Gasteiger partial charge in [0.15, 0.2) is 0 Å². The molecular weight excluding hydrogens is 212 g/mol. The molecule has 0 radical (unpaired) electrons. The fourth-order valence-corrected chi connectivity index (χ4v) is 2.07. The predicted octanol–water partition coefficient (Wildman–Crippen LogP) is 0.233. The minimum Gasteiger partial charge on any atom is -0.380 e. The number of hydrogen-bond acceptors (Lipinski definition) is 4. The highest BCUT2D eigenvalue weighted by molar-refractivity contribution is 7.98. The number of thioether (sulfide) groups is 1. The van der Waals surface area contributed by atoms with Crippen molar-refractivity contribution in [1.29, 1.82) is 0 Å². The number of hydrogen-bond donors (Lipinski definition) is 2. The summed E-state index contributed by atoms with van der Waals surface area (Å²) in [6, 6.07) is -0.0655. The Labute approximate surface area is 95.5 Å². The lowest BCUT2D eigenvalue weighted by atomic mass is 10.2. The van der Waals surface area contributed by atoms with E-state index in [2.05, 4.69) is 16.9 Å². The van der Waals surface area contributed by atoms with Crippen LogP contribution in [0.3, 0.4) is 0 Å². The molecule has 2 N–H and O–H groups in total. The van der Waals surface area contributed by atoms with Crippen LogP contribution in [0.4, 0.5) is 0 Å². The SMILES string of the molecule is COC1CNC(C(=O)NCCCSC)C1. The lowest BCUT2D eigenvalue weighted by Gasteiger charge is -2.10. The van der Waals surface area contributed by atoms with Crippen LogP contribution in [0.2, 0.25) is 0 Å². The summed E-state index contributed by atoms with van der Waals surface area (Å²) in [6.45, 7) is 1.55. The zero-order chi connectivity index (χ0) is 11.1. The Kier molecular flexibility index (Phi) is 6.05. The van der Waals surface area contributed by atoms with E-state index < -0.39 is 0 Å². The Bertz CT molecular complexity index is 202. The third-order valence-corrected chi connectivity index (χ3v) is 3.26. The van der Waals surface area contributed by atoms with Crippen molar-refractivity contribution in [2.45, 2.75) is 25.0 Å². The van der Waals surface area contributed by atoms with Crippen LogP contribution in [0.1, 0.15) is 12.8 Å². The largest absolute Gasteiger partial charge is 0.380 e. The van der Waals surface area contributed by atoms with Crippen molar-refractivity contribution >= 4 is 17.7 Å². The lowest BCUT2D eigenvalue weighted by Crippen LogP contribution is -2.40. The zero-order valence-corrected chi connectivity index (χ0v) is 10.2. The van der Waals surface area contributed by atoms with Crippen LogP contribution in [0, 0.1) is 0 Å². The Morgan fingerprint density at radius 2 is 2.47 bits per heavy atom. The van der Waals surface area contributed by atoms with Gasteiger partial charge >= 0.3 is 0 Å². The molecule has 88 valence electrons. The second-order valence-electron chi connectivity index (χ2n) is 3.69. The highest BCUT2D eigenvalue weighted by atomic mass is 32.2. The summed E-state index contributed by atoms with van der Waals surface area (Å²) in [7, 11) is 1.69. The lowest BCUT2D eigenvalue weighted by molar-refractivity contribution is -0.122. The fraction of sp³-hybridized carbons (Fsp3) is 0.900. The van der Waals surface area contributed by atoms with E-state index in [9.17, 15) is 4.79 Å². The van der Waals surface area contributed by atoms with Crippen LogP contribution < -0.4 is 10.6 Å². The number of carbonyl (C=O) groups excluding carboxylic acids is 1. The molecule has 5 heteroatoms. The number of methoxy groups -OCH3 is 1. The molecule has 2 atom stereocenters. The third-order valence-electron chi connectivity index (χ3n) is 2.56. The molecule has 0 aromatic carbocycles. The minimum atomic E-state index is -0.0655. The summed E-state index contributed by atoms with van der Waals surface area (Å²) >= 11 is 1.80. The van der Waals surface area contributed by atoms with E-state index >= 15 is 0 Å². The van der Waals surface area contributed by atoms with Crippen LogP contribution in [0.5, 0.6) is 0 Å². The van der Waals surface area contributed by atoms with Gasteiger partial charge in [-0.15, -0.1) is 0 Å². The molecule has 0 bridgehead atoms. The predicted molar refractivity (Wildman–Crippen MR) is 63.2 cm³/mol. The van der Waals surface area contributed by atoms with Gasteiger partial charge in [-0.25, -0.2) is 0 Å². The fourth-order valence-electron chi connectivity index (χ4n) is 1.63. The Morgan fingerprint density at radius 3 is 3.07 bits per heavy atom. The van der Waals surface area contributed by atoms with Gasteiger partial charge in [0.1, 0.15) is 0 Å². The summed E-state index contributed by atoms with van der Waals surface area (Å²) in [4.78, 5) is 11.6. The molecule has 1 fully saturated rings. The minimum absolute atomic E-state index is 0.0655. The highest BCUT2D eigenvalue weighted by Gasteiger charge is 2.28. The smallest absolute Gasteiger partial charge is 0.237 e. The van der Waals surface area contributed by atoms with Crippen molar-refractivity contribution in [3.05, 3.63) is 0 Å². The topological polar surface area (TPSA) is 50.4 Å². The van der Waals surface area contributed by atoms with Crippen molar-refractivity contribution in [2.24, 2.45) is 0 Å². The van der Waals surface area contributed by atoms with Crippen molar-refractivity contribution in [1.82, 2.24) is 10.6 Å². The zero-order valence-electron chi connectivity index (χ0n) is 9.41. The van der Waals surface area contributed by atoms with Crippen LogP contribution in [0.25, 0.3) is 0 Å². The monoisotopic (exact) mass is 232 g/mol. The summed E-state index contributed by atoms with van der Waals surface area (Å²) in [5.41, 5.74) is 0. The van der Waals surface area contributed by atoms with Crippen LogP contribution in [-0.4, -0.2) is 50.3 Å². The number of carbonyl (C=O) groups is 1. The van der Waals surface area contributed by atoms with Gasteiger partial charge in [-0.1, -0.05) is 0 Å². The number of ether oxygens (including phenoxy) is 1. The van der Waals surface area contributed by atoms with Crippen molar-refractivity contribution in [3.63, 3.8) is 0 Å². The molecule has 1 aliphatic rings. The maximum Gasteiger partial charge on any atom is 0.237 e. The molecule has 0 aromatic rings. The van der Waals surface area contributed by atoms with E-state index in [1.807, 2.05) is 0 Å². The average Bonchev–Trinajstić information content (AvgIpc) is 2.72. The van der Waals surface area contributed by atoms with Gasteiger partial charge in [0.25, 0.3) is 0 Å². The molecule has 1 amide bonds. The number of nitrogens with one attached hydrogen (secondary N) is 2. The first-order chi connectivity index (χ1) is 7.27. The molecule has 0 aliphatic carbocycles. The van der Waals surface area contributed by atoms with Gasteiger partial charge < -0.3 is 15.4 Å². The average molecular weight is 232 g/mol. The van der Waals surface area contributed by atoms with Crippen LogP contribution in [0.15, 0.2) is 0 Å². The number of amides is 1. The van der Waals surface area contributed by atoms with Crippen molar-refractivity contribution in [3.8, 4) is 0 Å². The van der Waals surface area contributed by atoms with E-state index in [4.69, 9.17) is 4.74 Å². The second kappa shape index (κ2) is 7.09. The second-order valence-corrected chi connectivity index (χ2v) is 4.68. The van der Waals surface area contributed by atoms with E-state index in [0.29, 0.717) is 0 Å². The highest BCUT2D eigenvalue weighted by Crippen LogP contribution is 2.09. The van der Waals surface area contributed by atoms with E-state index in [0.717, 1.165) is 31.7 Å². The van der Waals surface area contributed by atoms with Crippen LogP contribution >= 0.6 is 11.8 Å². The summed E-state index contributed by atoms with van der Waals surface area (Å²) in [5.74, 6) is 1.20. The maximum absolute atomic E-state index is 11.6. The van der Waals surface area contributed by atoms with Crippen LogP contribution in [-0.2, 0) is 9.53 Å². The summed E-state index contributed by atoms with van der Waals surface area (Å²) in [5, 5.41) is 6.09. The molecule has 1 heterocycles. The Hall–Kier alpha value is -0.260. The molecule has 2 unspecified atom stereocenters. The van der Waals surface area contributed by atoms with Gasteiger partial charge in [0.2, 0.25) is 5.91 Å². The van der Waals surface area contributed by atoms with E-state index in [1.54, 1.807) is 18.9 Å². The molecule has 15 heavy (non-hydrogen) atoms. The molecule has 4 nitrogen and oxygen atoms in total. The molecule has 0 saturated carbocycles. The third kappa shape index (κ3) is 4.40. The molecule has 1 rings (SSSR count). The molecule has 1 aliphatic heterocycles. The molecule has 1 saturated heterocycles. The summed E-state index contributed by atoms with van der Waals surface area (Å²) in [6.07, 6.45) is 4.08. The van der Waals surface area contributed by atoms with Gasteiger partial charge in [-0.05, 0) is 24.9 Å². The summed E-state index contributed by atoms with van der Waals surface area (Å²) < 4.78 is 5.19. The van der Waals surface area contributed by atoms with Gasteiger partial charge in [0, 0.05) is 20.2 Å². The van der Waals surface area contributed by atoms with Gasteiger partial charge in [0.05, 0.1) is 12.1 Å². The molecule has 0 spiro atoms. The van der Waals surface area contributed by atoms with Gasteiger partial charge in [-0.3, -0.25) is 4.79 Å². The van der Waals surface area contributed by atoms with E-state index in [1.165, 1.54) is 0 Å². The quantitative estimate of drug-likeness (QED) is 0.644. The maximum atomic E-state index is 11.6. The first-order valence-electron chi connectivity index (χ1n) is 5.30. The Balaban J connectivity index is 2.12. The normalized spacial score (nSPS) is 25.5. The Morgan fingerprint density at radius 1 is 1.67 bits per heavy atom. The first-order valence-corrected chi connectivity index (χ1v) is 6.70. The molecule has 0 aromatic heterocycles. The molecular formula is C10H20N2O2S.